The van der Waals surface area contributed by atoms with E-state index in [1.807, 2.05) is 36.1 Å². The molecule has 25 heavy (non-hydrogen) atoms. The van der Waals surface area contributed by atoms with Crippen molar-refractivity contribution in [3.63, 3.8) is 0 Å². The molecule has 2 aromatic rings. The number of anilines is 1. The van der Waals surface area contributed by atoms with Crippen molar-refractivity contribution in [2.75, 3.05) is 24.5 Å². The van der Waals surface area contributed by atoms with Crippen molar-refractivity contribution in [2.24, 2.45) is 5.41 Å². The van der Waals surface area contributed by atoms with Crippen LogP contribution in [-0.4, -0.2) is 40.4 Å². The van der Waals surface area contributed by atoms with E-state index in [9.17, 15) is 4.79 Å². The SMILES string of the molecule is Cc1cccc(N2CCC[C@]3(CCN(Cc4ccncc4)C3=O)C2)n1. The second kappa shape index (κ2) is 6.47. The van der Waals surface area contributed by atoms with Crippen molar-refractivity contribution in [3.8, 4) is 0 Å². The topological polar surface area (TPSA) is 49.3 Å². The largest absolute Gasteiger partial charge is 0.356 e. The third-order valence-corrected chi connectivity index (χ3v) is 5.50. The van der Waals surface area contributed by atoms with Gasteiger partial charge in [-0.1, -0.05) is 6.07 Å². The molecule has 4 rings (SSSR count). The maximum absolute atomic E-state index is 13.2. The van der Waals surface area contributed by atoms with E-state index in [0.717, 1.165) is 56.0 Å². The van der Waals surface area contributed by atoms with E-state index in [1.54, 1.807) is 12.4 Å². The molecular formula is C20H24N4O. The summed E-state index contributed by atoms with van der Waals surface area (Å²) in [7, 11) is 0. The van der Waals surface area contributed by atoms with Gasteiger partial charge in [-0.25, -0.2) is 4.98 Å². The van der Waals surface area contributed by atoms with Gasteiger partial charge in [-0.15, -0.1) is 0 Å². The molecule has 1 spiro atoms. The molecule has 130 valence electrons. The summed E-state index contributed by atoms with van der Waals surface area (Å²) in [6.07, 6.45) is 6.56. The number of rotatable bonds is 3. The lowest BCUT2D eigenvalue weighted by Crippen LogP contribution is -2.48. The molecule has 1 atom stereocenters. The van der Waals surface area contributed by atoms with E-state index in [-0.39, 0.29) is 5.41 Å². The highest BCUT2D eigenvalue weighted by Crippen LogP contribution is 2.41. The Morgan fingerprint density at radius 1 is 1.12 bits per heavy atom. The zero-order chi connectivity index (χ0) is 17.3. The van der Waals surface area contributed by atoms with Crippen molar-refractivity contribution in [1.29, 1.82) is 0 Å². The van der Waals surface area contributed by atoms with E-state index >= 15 is 0 Å². The second-order valence-corrected chi connectivity index (χ2v) is 7.27. The number of hydrogen-bond acceptors (Lipinski definition) is 4. The quantitative estimate of drug-likeness (QED) is 0.865. The minimum atomic E-state index is -0.239. The fourth-order valence-electron chi connectivity index (χ4n) is 4.16. The Labute approximate surface area is 148 Å². The third-order valence-electron chi connectivity index (χ3n) is 5.50. The molecule has 2 fully saturated rings. The van der Waals surface area contributed by atoms with Crippen molar-refractivity contribution < 1.29 is 4.79 Å². The maximum Gasteiger partial charge on any atom is 0.230 e. The van der Waals surface area contributed by atoms with Gasteiger partial charge in [-0.3, -0.25) is 9.78 Å². The Kier molecular flexibility index (Phi) is 4.15. The second-order valence-electron chi connectivity index (χ2n) is 7.27. The molecular weight excluding hydrogens is 312 g/mol. The predicted molar refractivity (Wildman–Crippen MR) is 97.1 cm³/mol. The molecule has 0 saturated carbocycles. The highest BCUT2D eigenvalue weighted by Gasteiger charge is 2.48. The summed E-state index contributed by atoms with van der Waals surface area (Å²) in [5.74, 6) is 1.31. The lowest BCUT2D eigenvalue weighted by molar-refractivity contribution is -0.137. The monoisotopic (exact) mass is 336 g/mol. The summed E-state index contributed by atoms with van der Waals surface area (Å²) < 4.78 is 0. The number of nitrogens with zero attached hydrogens (tertiary/aromatic N) is 4. The van der Waals surface area contributed by atoms with Crippen LogP contribution in [0.3, 0.4) is 0 Å². The highest BCUT2D eigenvalue weighted by molar-refractivity contribution is 5.85. The summed E-state index contributed by atoms with van der Waals surface area (Å²) >= 11 is 0. The molecule has 0 radical (unpaired) electrons. The molecule has 1 amide bonds. The lowest BCUT2D eigenvalue weighted by atomic mass is 9.78. The van der Waals surface area contributed by atoms with E-state index in [4.69, 9.17) is 0 Å². The third kappa shape index (κ3) is 3.11. The van der Waals surface area contributed by atoms with Crippen LogP contribution < -0.4 is 4.90 Å². The number of carbonyl (C=O) groups is 1. The van der Waals surface area contributed by atoms with Gasteiger partial charge in [-0.05, 0) is 56.0 Å². The van der Waals surface area contributed by atoms with Crippen LogP contribution in [0.1, 0.15) is 30.5 Å². The van der Waals surface area contributed by atoms with Crippen LogP contribution in [0.15, 0.2) is 42.7 Å². The molecule has 2 aliphatic rings. The van der Waals surface area contributed by atoms with Crippen LogP contribution in [0, 0.1) is 12.3 Å². The van der Waals surface area contributed by atoms with E-state index in [0.29, 0.717) is 12.5 Å². The van der Waals surface area contributed by atoms with E-state index in [2.05, 4.69) is 20.9 Å². The van der Waals surface area contributed by atoms with Gasteiger partial charge < -0.3 is 9.80 Å². The van der Waals surface area contributed by atoms with Gasteiger partial charge in [0.05, 0.1) is 5.41 Å². The number of hydrogen-bond donors (Lipinski definition) is 0. The molecule has 5 heteroatoms. The smallest absolute Gasteiger partial charge is 0.230 e. The summed E-state index contributed by atoms with van der Waals surface area (Å²) in [6.45, 7) is 5.31. The molecule has 0 bridgehead atoms. The summed E-state index contributed by atoms with van der Waals surface area (Å²) in [5, 5.41) is 0. The predicted octanol–water partition coefficient (Wildman–Crippen LogP) is 2.80. The first-order chi connectivity index (χ1) is 12.2. The molecule has 5 nitrogen and oxygen atoms in total. The number of piperidine rings is 1. The molecule has 2 aliphatic heterocycles. The fraction of sp³-hybridized carbons (Fsp3) is 0.450. The average Bonchev–Trinajstić information content (AvgIpc) is 2.92. The first-order valence-electron chi connectivity index (χ1n) is 9.03. The Morgan fingerprint density at radius 2 is 1.96 bits per heavy atom. The number of aryl methyl sites for hydroxylation is 1. The van der Waals surface area contributed by atoms with Crippen molar-refractivity contribution in [1.82, 2.24) is 14.9 Å². The Hall–Kier alpha value is -2.43. The number of amides is 1. The van der Waals surface area contributed by atoms with Crippen molar-refractivity contribution in [2.45, 2.75) is 32.7 Å². The van der Waals surface area contributed by atoms with Gasteiger partial charge in [0.2, 0.25) is 5.91 Å². The van der Waals surface area contributed by atoms with Gasteiger partial charge in [0.15, 0.2) is 0 Å². The van der Waals surface area contributed by atoms with Crippen LogP contribution in [0.25, 0.3) is 0 Å². The minimum absolute atomic E-state index is 0.239. The number of pyridine rings is 2. The summed E-state index contributed by atoms with van der Waals surface area (Å²) in [4.78, 5) is 26.2. The lowest BCUT2D eigenvalue weighted by Gasteiger charge is -2.39. The fourth-order valence-corrected chi connectivity index (χ4v) is 4.16. The van der Waals surface area contributed by atoms with Gasteiger partial charge in [-0.2, -0.15) is 0 Å². The summed E-state index contributed by atoms with van der Waals surface area (Å²) in [5.41, 5.74) is 1.93. The first-order valence-corrected chi connectivity index (χ1v) is 9.03. The van der Waals surface area contributed by atoms with Gasteiger partial charge in [0.25, 0.3) is 0 Å². The minimum Gasteiger partial charge on any atom is -0.356 e. The van der Waals surface area contributed by atoms with Crippen molar-refractivity contribution >= 4 is 11.7 Å². The normalized spacial score (nSPS) is 23.5. The van der Waals surface area contributed by atoms with Crippen LogP contribution in [0.4, 0.5) is 5.82 Å². The van der Waals surface area contributed by atoms with Crippen LogP contribution in [0.5, 0.6) is 0 Å². The first kappa shape index (κ1) is 16.1. The van der Waals surface area contributed by atoms with Gasteiger partial charge >= 0.3 is 0 Å². The molecule has 2 aromatic heterocycles. The highest BCUT2D eigenvalue weighted by atomic mass is 16.2. The zero-order valence-corrected chi connectivity index (χ0v) is 14.7. The molecule has 0 aromatic carbocycles. The van der Waals surface area contributed by atoms with Crippen molar-refractivity contribution in [3.05, 3.63) is 54.0 Å². The molecule has 4 heterocycles. The Bertz CT molecular complexity index is 763. The number of likely N-dealkylation sites (tertiary alicyclic amines) is 1. The van der Waals surface area contributed by atoms with Gasteiger partial charge in [0.1, 0.15) is 5.82 Å². The van der Waals surface area contributed by atoms with E-state index < -0.39 is 0 Å². The molecule has 0 N–H and O–H groups in total. The summed E-state index contributed by atoms with van der Waals surface area (Å²) in [6, 6.07) is 10.1. The molecule has 2 saturated heterocycles. The van der Waals surface area contributed by atoms with Crippen LogP contribution in [0.2, 0.25) is 0 Å². The molecule has 0 unspecified atom stereocenters. The average molecular weight is 336 g/mol. The molecule has 0 aliphatic carbocycles. The van der Waals surface area contributed by atoms with Gasteiger partial charge in [0, 0.05) is 44.3 Å². The Morgan fingerprint density at radius 3 is 2.76 bits per heavy atom. The Balaban J connectivity index is 1.51. The zero-order valence-electron chi connectivity index (χ0n) is 14.7. The van der Waals surface area contributed by atoms with Crippen LogP contribution >= 0.6 is 0 Å². The number of carbonyl (C=O) groups excluding carboxylic acids is 1. The van der Waals surface area contributed by atoms with E-state index in [1.165, 1.54) is 0 Å². The number of aromatic nitrogens is 2. The van der Waals surface area contributed by atoms with Crippen LogP contribution in [-0.2, 0) is 11.3 Å². The maximum atomic E-state index is 13.2. The standard InChI is InChI=1S/C20H24N4O/c1-16-4-2-5-18(22-16)24-12-3-8-20(15-24)9-13-23(19(20)25)14-17-6-10-21-11-7-17/h2,4-7,10-11H,3,8-9,12-15H2,1H3/t20-/m0/s1.